The topological polar surface area (TPSA) is 57.5 Å². The molecular weight excluding hydrogens is 343 g/mol. The predicted molar refractivity (Wildman–Crippen MR) is 78.3 cm³/mol. The average Bonchev–Trinajstić information content (AvgIpc) is 2.27. The third kappa shape index (κ3) is 22.5. The Labute approximate surface area is 117 Å². The van der Waals surface area contributed by atoms with Gasteiger partial charge in [-0.05, 0) is 0 Å². The Morgan fingerprint density at radius 3 is 1.24 bits per heavy atom. The summed E-state index contributed by atoms with van der Waals surface area (Å²) >= 11 is -3.45. The number of rotatable bonds is 9. The van der Waals surface area contributed by atoms with Crippen LogP contribution in [0.25, 0.3) is 0 Å². The van der Waals surface area contributed by atoms with Crippen LogP contribution in [0.1, 0.15) is 59.3 Å². The van der Waals surface area contributed by atoms with Crippen molar-refractivity contribution in [3.63, 3.8) is 0 Å². The fourth-order valence-corrected chi connectivity index (χ4v) is 11.1. The van der Waals surface area contributed by atoms with Crippen LogP contribution < -0.4 is 0 Å². The van der Waals surface area contributed by atoms with E-state index in [0.29, 0.717) is 0 Å². The van der Waals surface area contributed by atoms with E-state index >= 15 is 0 Å². The zero-order valence-corrected chi connectivity index (χ0v) is 15.2. The van der Waals surface area contributed by atoms with E-state index < -0.39 is 31.1 Å². The molecule has 0 heterocycles. The summed E-state index contributed by atoms with van der Waals surface area (Å²) in [5.74, 6) is 0. The molecule has 0 saturated heterocycles. The van der Waals surface area contributed by atoms with E-state index in [2.05, 4.69) is 20.8 Å². The van der Waals surface area contributed by atoms with Gasteiger partial charge >= 0.3 is 92.4 Å². The standard InChI is InChI=1S/3C4H9.H2O3S.Sn/c3*1-3-4-2;1-4(2)3;/h3*1,3-4H2,2H3;(H2,1,2,3);. The monoisotopic (exact) mass is 373 g/mol. The smallest absolute Gasteiger partial charge is 0.284 e. The van der Waals surface area contributed by atoms with Gasteiger partial charge in [0.05, 0.1) is 0 Å². The molecule has 0 bridgehead atoms. The van der Waals surface area contributed by atoms with Gasteiger partial charge < -0.3 is 0 Å². The third-order valence-corrected chi connectivity index (χ3v) is 11.7. The van der Waals surface area contributed by atoms with Gasteiger partial charge in [0.25, 0.3) is 11.4 Å². The molecule has 105 valence electrons. The minimum atomic E-state index is -2.61. The first-order valence-corrected chi connectivity index (χ1v) is 13.8. The fourth-order valence-electron chi connectivity index (χ4n) is 1.66. The van der Waals surface area contributed by atoms with E-state index in [1.807, 2.05) is 0 Å². The van der Waals surface area contributed by atoms with Crippen molar-refractivity contribution in [2.24, 2.45) is 0 Å². The van der Waals surface area contributed by atoms with Gasteiger partial charge in [0, 0.05) is 0 Å². The van der Waals surface area contributed by atoms with E-state index in [4.69, 9.17) is 13.3 Å². The first-order chi connectivity index (χ1) is 8.08. The number of hydrogen-bond donors (Lipinski definition) is 2. The molecule has 0 amide bonds. The van der Waals surface area contributed by atoms with Crippen molar-refractivity contribution in [1.82, 2.24) is 0 Å². The van der Waals surface area contributed by atoms with Gasteiger partial charge in [-0.15, -0.1) is 0 Å². The Bertz CT molecular complexity index is 145. The molecule has 0 aromatic rings. The molecule has 0 atom stereocenters. The van der Waals surface area contributed by atoms with Gasteiger partial charge in [0.2, 0.25) is 0 Å². The van der Waals surface area contributed by atoms with Gasteiger partial charge in [-0.3, -0.25) is 9.11 Å². The van der Waals surface area contributed by atoms with Crippen molar-refractivity contribution in [1.29, 1.82) is 0 Å². The molecule has 0 aromatic carbocycles. The molecule has 5 heteroatoms. The van der Waals surface area contributed by atoms with E-state index in [9.17, 15) is 0 Å². The summed E-state index contributed by atoms with van der Waals surface area (Å²) in [4.78, 5) is 0. The molecule has 0 aliphatic carbocycles. The van der Waals surface area contributed by atoms with Crippen molar-refractivity contribution >= 4 is 31.1 Å². The summed E-state index contributed by atoms with van der Waals surface area (Å²) in [5.41, 5.74) is 0. The second kappa shape index (κ2) is 16.9. The maximum atomic E-state index is 8.67. The van der Waals surface area contributed by atoms with Crippen molar-refractivity contribution < 1.29 is 13.3 Å². The summed E-state index contributed by atoms with van der Waals surface area (Å²) in [5, 5.41) is 0. The maximum absolute atomic E-state index is 8.67. The Morgan fingerprint density at radius 1 is 0.824 bits per heavy atom. The van der Waals surface area contributed by atoms with Crippen LogP contribution in [0.5, 0.6) is 0 Å². The Hall–Kier alpha value is 0.869. The molecule has 0 aliphatic rings. The number of hydrogen-bond acceptors (Lipinski definition) is 1. The molecule has 17 heavy (non-hydrogen) atoms. The van der Waals surface area contributed by atoms with E-state index in [-0.39, 0.29) is 0 Å². The second-order valence-electron chi connectivity index (χ2n) is 4.29. The summed E-state index contributed by atoms with van der Waals surface area (Å²) < 4.78 is 27.9. The molecule has 1 radical (unpaired) electrons. The summed E-state index contributed by atoms with van der Waals surface area (Å²) in [7, 11) is 0. The third-order valence-electron chi connectivity index (χ3n) is 2.65. The SMILES string of the molecule is CCC[CH2][Sn]([CH2]CCC)[CH2]CCC.O=S(O)O. The van der Waals surface area contributed by atoms with Crippen molar-refractivity contribution in [2.75, 3.05) is 0 Å². The van der Waals surface area contributed by atoms with Gasteiger partial charge in [-0.2, -0.15) is 4.21 Å². The maximum Gasteiger partial charge on any atom is 0.299 e. The molecule has 3 nitrogen and oxygen atoms in total. The van der Waals surface area contributed by atoms with Crippen LogP contribution in [0.4, 0.5) is 0 Å². The van der Waals surface area contributed by atoms with Crippen molar-refractivity contribution in [3.05, 3.63) is 0 Å². The van der Waals surface area contributed by atoms with Crippen LogP contribution >= 0.6 is 0 Å². The Balaban J connectivity index is 0. The van der Waals surface area contributed by atoms with Gasteiger partial charge in [-0.1, -0.05) is 0 Å². The first kappa shape index (κ1) is 20.2. The summed E-state index contributed by atoms with van der Waals surface area (Å²) in [6, 6.07) is 0. The van der Waals surface area contributed by atoms with Crippen molar-refractivity contribution in [3.8, 4) is 0 Å². The zero-order valence-electron chi connectivity index (χ0n) is 11.6. The van der Waals surface area contributed by atoms with E-state index in [0.717, 1.165) is 0 Å². The molecule has 2 N–H and O–H groups in total. The van der Waals surface area contributed by atoms with Crippen LogP contribution in [-0.2, 0) is 11.4 Å². The van der Waals surface area contributed by atoms with Crippen molar-refractivity contribution in [2.45, 2.75) is 72.6 Å². The normalized spacial score (nSPS) is 10.5. The first-order valence-electron chi connectivity index (χ1n) is 6.71. The average molecular weight is 372 g/mol. The molecular formula is C12H29O3SSn. The molecule has 0 rings (SSSR count). The molecule has 0 saturated carbocycles. The Kier molecular flexibility index (Phi) is 20.0. The number of unbranched alkanes of at least 4 members (excludes halogenated alkanes) is 3. The van der Waals surface area contributed by atoms with E-state index in [1.54, 1.807) is 13.3 Å². The van der Waals surface area contributed by atoms with E-state index in [1.165, 1.54) is 38.5 Å². The Morgan fingerprint density at radius 2 is 1.06 bits per heavy atom. The fraction of sp³-hybridized carbons (Fsp3) is 1.00. The minimum absolute atomic E-state index is 0.839. The van der Waals surface area contributed by atoms with Crippen LogP contribution in [-0.4, -0.2) is 33.1 Å². The quantitative estimate of drug-likeness (QED) is 0.461. The molecule has 0 unspecified atom stereocenters. The van der Waals surface area contributed by atoms with Crippen LogP contribution in [0.15, 0.2) is 0 Å². The predicted octanol–water partition coefficient (Wildman–Crippen LogP) is 4.56. The summed E-state index contributed by atoms with van der Waals surface area (Å²) in [6.45, 7) is 7.00. The molecule has 0 spiro atoms. The van der Waals surface area contributed by atoms with Crippen LogP contribution in [0.3, 0.4) is 0 Å². The van der Waals surface area contributed by atoms with Crippen LogP contribution in [0.2, 0.25) is 13.3 Å². The second-order valence-corrected chi connectivity index (χ2v) is 13.3. The minimum Gasteiger partial charge on any atom is -0.284 e. The molecule has 0 fully saturated rings. The largest absolute Gasteiger partial charge is 0.299 e. The van der Waals surface area contributed by atoms with Gasteiger partial charge in [0.15, 0.2) is 0 Å². The molecule has 0 aromatic heterocycles. The van der Waals surface area contributed by atoms with Gasteiger partial charge in [-0.25, -0.2) is 0 Å². The summed E-state index contributed by atoms with van der Waals surface area (Å²) in [6.07, 6.45) is 8.85. The van der Waals surface area contributed by atoms with Gasteiger partial charge in [0.1, 0.15) is 0 Å². The zero-order chi connectivity index (χ0) is 13.5. The van der Waals surface area contributed by atoms with Crippen LogP contribution in [0, 0.1) is 0 Å². The molecule has 0 aliphatic heterocycles.